The Hall–Kier alpha value is -4.46. The van der Waals surface area contributed by atoms with Gasteiger partial charge in [0, 0.05) is 42.5 Å². The zero-order valence-electron chi connectivity index (χ0n) is 23.3. The summed E-state index contributed by atoms with van der Waals surface area (Å²) in [5.74, 6) is 0.308. The molecule has 0 fully saturated rings. The highest BCUT2D eigenvalue weighted by molar-refractivity contribution is 6.40. The third kappa shape index (κ3) is 5.76. The molecule has 0 radical (unpaired) electrons. The maximum atomic E-state index is 15.1. The first-order chi connectivity index (χ1) is 19.0. The number of Topliss-reactive ketones (excluding diaryl/α,β-unsaturated/α-hetero) is 2. The van der Waals surface area contributed by atoms with Gasteiger partial charge < -0.3 is 4.74 Å². The number of ether oxygens (including phenoxy) is 1. The molecular formula is C32H31FN4O3. The fraction of sp³-hybridized carbons (Fsp3) is 0.281. The van der Waals surface area contributed by atoms with Crippen LogP contribution in [0.15, 0.2) is 65.8 Å². The number of aryl methyl sites for hydroxylation is 1. The summed E-state index contributed by atoms with van der Waals surface area (Å²) >= 11 is 0. The van der Waals surface area contributed by atoms with Crippen molar-refractivity contribution >= 4 is 23.1 Å². The number of ketones is 2. The first kappa shape index (κ1) is 27.1. The molecule has 2 aromatic carbocycles. The fourth-order valence-electron chi connectivity index (χ4n) is 4.49. The number of halogens is 1. The lowest BCUT2D eigenvalue weighted by Gasteiger charge is -2.16. The molecule has 2 aromatic heterocycles. The number of hydrogen-bond acceptors (Lipinski definition) is 6. The monoisotopic (exact) mass is 538 g/mol. The van der Waals surface area contributed by atoms with Gasteiger partial charge in [0.15, 0.2) is 11.6 Å². The maximum Gasteiger partial charge on any atom is 0.181 e. The highest BCUT2D eigenvalue weighted by Gasteiger charge is 2.24. The molecule has 204 valence electrons. The van der Waals surface area contributed by atoms with Gasteiger partial charge in [0.2, 0.25) is 0 Å². The van der Waals surface area contributed by atoms with Crippen LogP contribution in [0.25, 0.3) is 5.69 Å². The van der Waals surface area contributed by atoms with Crippen LogP contribution in [0, 0.1) is 12.7 Å². The number of nitrogens with zero attached hydrogens (tertiary/aromatic N) is 4. The van der Waals surface area contributed by atoms with E-state index in [4.69, 9.17) is 9.84 Å². The molecule has 3 heterocycles. The van der Waals surface area contributed by atoms with Crippen molar-refractivity contribution in [3.05, 3.63) is 94.7 Å². The molecule has 40 heavy (non-hydrogen) atoms. The molecule has 1 aliphatic heterocycles. The molecule has 0 saturated carbocycles. The van der Waals surface area contributed by atoms with E-state index in [1.54, 1.807) is 29.8 Å². The van der Waals surface area contributed by atoms with Crippen molar-refractivity contribution in [2.75, 3.05) is 0 Å². The second kappa shape index (κ2) is 10.6. The maximum absolute atomic E-state index is 15.1. The third-order valence-corrected chi connectivity index (χ3v) is 6.85. The van der Waals surface area contributed by atoms with Crippen LogP contribution in [-0.2, 0) is 34.3 Å². The molecule has 0 amide bonds. The predicted octanol–water partition coefficient (Wildman–Crippen LogP) is 6.38. The summed E-state index contributed by atoms with van der Waals surface area (Å²) in [5, 5.41) is 4.79. The van der Waals surface area contributed by atoms with Gasteiger partial charge in [-0.05, 0) is 49.7 Å². The van der Waals surface area contributed by atoms with E-state index in [2.05, 4.69) is 30.7 Å². The largest absolute Gasteiger partial charge is 0.457 e. The Bertz CT molecular complexity index is 1650. The fourth-order valence-corrected chi connectivity index (χ4v) is 4.49. The lowest BCUT2D eigenvalue weighted by molar-refractivity contribution is -0.118. The van der Waals surface area contributed by atoms with Crippen molar-refractivity contribution in [2.24, 2.45) is 4.99 Å². The van der Waals surface area contributed by atoms with Crippen LogP contribution >= 0.6 is 0 Å². The molecule has 0 aliphatic carbocycles. The first-order valence-corrected chi connectivity index (χ1v) is 13.2. The van der Waals surface area contributed by atoms with Gasteiger partial charge in [-0.3, -0.25) is 9.59 Å². The minimum Gasteiger partial charge on any atom is -0.457 e. The van der Waals surface area contributed by atoms with E-state index in [0.29, 0.717) is 22.8 Å². The van der Waals surface area contributed by atoms with Gasteiger partial charge in [-0.25, -0.2) is 19.0 Å². The number of hydrogen-bond donors (Lipinski definition) is 0. The molecule has 0 N–H and O–H groups in total. The summed E-state index contributed by atoms with van der Waals surface area (Å²) in [6, 6.07) is 16.0. The zero-order valence-corrected chi connectivity index (χ0v) is 23.3. The minimum absolute atomic E-state index is 0.0663. The van der Waals surface area contributed by atoms with E-state index in [1.807, 2.05) is 37.3 Å². The normalized spacial score (nSPS) is 13.2. The SMILES string of the molecule is CC1=Nc2nccc(Oc3ccc(CC(=O)Cc4cc(C(C)(C)C)nn4-c4ccc(C)cc4)c(F)c3)c2CC1=O. The molecule has 5 rings (SSSR count). The van der Waals surface area contributed by atoms with Gasteiger partial charge >= 0.3 is 0 Å². The molecule has 0 bridgehead atoms. The summed E-state index contributed by atoms with van der Waals surface area (Å²) in [6.07, 6.45) is 1.71. The number of fused-ring (bicyclic) bond motifs is 1. The summed E-state index contributed by atoms with van der Waals surface area (Å²) in [4.78, 5) is 33.7. The highest BCUT2D eigenvalue weighted by Crippen LogP contribution is 2.34. The van der Waals surface area contributed by atoms with E-state index in [-0.39, 0.29) is 47.6 Å². The lowest BCUT2D eigenvalue weighted by atomic mass is 9.92. The molecule has 0 saturated heterocycles. The van der Waals surface area contributed by atoms with Gasteiger partial charge in [0.05, 0.1) is 22.8 Å². The summed E-state index contributed by atoms with van der Waals surface area (Å²) in [6.45, 7) is 9.90. The molecular weight excluding hydrogens is 507 g/mol. The van der Waals surface area contributed by atoms with Crippen LogP contribution < -0.4 is 4.74 Å². The van der Waals surface area contributed by atoms with Crippen molar-refractivity contribution in [1.82, 2.24) is 14.8 Å². The van der Waals surface area contributed by atoms with Crippen molar-refractivity contribution in [3.63, 3.8) is 0 Å². The minimum atomic E-state index is -0.541. The average molecular weight is 539 g/mol. The van der Waals surface area contributed by atoms with Crippen molar-refractivity contribution < 1.29 is 18.7 Å². The number of aromatic nitrogens is 3. The molecule has 4 aromatic rings. The second-order valence-corrected chi connectivity index (χ2v) is 11.2. The lowest BCUT2D eigenvalue weighted by Crippen LogP contribution is -2.17. The molecule has 0 atom stereocenters. The van der Waals surface area contributed by atoms with E-state index in [1.165, 1.54) is 12.3 Å². The van der Waals surface area contributed by atoms with Gasteiger partial charge in [0.25, 0.3) is 0 Å². The molecule has 1 aliphatic rings. The van der Waals surface area contributed by atoms with Crippen LogP contribution in [0.3, 0.4) is 0 Å². The van der Waals surface area contributed by atoms with Gasteiger partial charge in [-0.15, -0.1) is 0 Å². The standard InChI is InChI=1S/C32H31FN4O3/c1-19-6-9-22(10-7-19)37-23(16-30(36-37)32(3,4)5)15-24(38)14-21-8-11-25(17-27(21)33)40-29-12-13-34-31-26(29)18-28(39)20(2)35-31/h6-13,16-17H,14-15,18H2,1-5H3. The number of pyridine rings is 1. The van der Waals surface area contributed by atoms with E-state index < -0.39 is 5.82 Å². The van der Waals surface area contributed by atoms with E-state index in [0.717, 1.165) is 22.6 Å². The number of aliphatic imine (C=N–C) groups is 1. The van der Waals surface area contributed by atoms with Crippen molar-refractivity contribution in [2.45, 2.75) is 59.3 Å². The van der Waals surface area contributed by atoms with Crippen LogP contribution in [0.4, 0.5) is 10.2 Å². The predicted molar refractivity (Wildman–Crippen MR) is 152 cm³/mol. The smallest absolute Gasteiger partial charge is 0.181 e. The molecule has 0 unspecified atom stereocenters. The Morgan fingerprint density at radius 3 is 2.48 bits per heavy atom. The summed E-state index contributed by atoms with van der Waals surface area (Å²) < 4.78 is 22.8. The second-order valence-electron chi connectivity index (χ2n) is 11.2. The summed E-state index contributed by atoms with van der Waals surface area (Å²) in [7, 11) is 0. The van der Waals surface area contributed by atoms with Crippen LogP contribution in [0.5, 0.6) is 11.5 Å². The van der Waals surface area contributed by atoms with E-state index >= 15 is 4.39 Å². The molecule has 7 nitrogen and oxygen atoms in total. The Balaban J connectivity index is 1.33. The number of carbonyl (C=O) groups excluding carboxylic acids is 2. The van der Waals surface area contributed by atoms with Crippen molar-refractivity contribution in [1.29, 1.82) is 0 Å². The average Bonchev–Trinajstić information content (AvgIpc) is 3.31. The van der Waals surface area contributed by atoms with Gasteiger partial charge in [-0.1, -0.05) is 44.5 Å². The third-order valence-electron chi connectivity index (χ3n) is 6.85. The number of carbonyl (C=O) groups is 2. The Morgan fingerprint density at radius 1 is 1.02 bits per heavy atom. The summed E-state index contributed by atoms with van der Waals surface area (Å²) in [5.41, 5.74) is 4.69. The molecule has 0 spiro atoms. The Kier molecular flexibility index (Phi) is 7.19. The molecule has 8 heteroatoms. The van der Waals surface area contributed by atoms with Crippen LogP contribution in [0.2, 0.25) is 0 Å². The number of benzene rings is 2. The van der Waals surface area contributed by atoms with Crippen LogP contribution in [0.1, 0.15) is 55.8 Å². The Morgan fingerprint density at radius 2 is 1.77 bits per heavy atom. The first-order valence-electron chi connectivity index (χ1n) is 13.2. The Labute approximate surface area is 232 Å². The topological polar surface area (TPSA) is 86.4 Å². The van der Waals surface area contributed by atoms with Crippen LogP contribution in [-0.4, -0.2) is 32.0 Å². The van der Waals surface area contributed by atoms with Gasteiger partial charge in [-0.2, -0.15) is 5.10 Å². The van der Waals surface area contributed by atoms with Crippen molar-refractivity contribution in [3.8, 4) is 17.2 Å². The highest BCUT2D eigenvalue weighted by atomic mass is 19.1. The number of rotatable bonds is 7. The quantitative estimate of drug-likeness (QED) is 0.273. The van der Waals surface area contributed by atoms with Gasteiger partial charge in [0.1, 0.15) is 23.1 Å². The zero-order chi connectivity index (χ0) is 28.6. The van der Waals surface area contributed by atoms with E-state index in [9.17, 15) is 9.59 Å².